The van der Waals surface area contributed by atoms with Crippen LogP contribution in [-0.2, 0) is 47.4 Å². The van der Waals surface area contributed by atoms with Crippen LogP contribution in [0, 0.1) is 0 Å². The molecule has 204 valence electrons. The van der Waals surface area contributed by atoms with Gasteiger partial charge in [0.05, 0.1) is 132 Å². The van der Waals surface area contributed by atoms with Gasteiger partial charge in [-0.2, -0.15) is 0 Å². The zero-order valence-electron chi connectivity index (χ0n) is 20.6. The van der Waals surface area contributed by atoms with Gasteiger partial charge in [-0.15, -0.1) is 6.58 Å². The Labute approximate surface area is 218 Å². The van der Waals surface area contributed by atoms with E-state index in [-0.39, 0.29) is 0 Å². The second-order valence-electron chi connectivity index (χ2n) is 6.56. The van der Waals surface area contributed by atoms with Crippen LogP contribution in [0.25, 0.3) is 0 Å². The summed E-state index contributed by atoms with van der Waals surface area (Å²) in [6.07, 6.45) is 1.71. The maximum atomic E-state index is 5.44. The lowest BCUT2D eigenvalue weighted by molar-refractivity contribution is -0.0259. The summed E-state index contributed by atoms with van der Waals surface area (Å²) in [5.74, 6) is 0. The molecule has 10 nitrogen and oxygen atoms in total. The predicted octanol–water partition coefficient (Wildman–Crippen LogP) is 1.77. The van der Waals surface area contributed by atoms with Crippen molar-refractivity contribution in [2.45, 2.75) is 0 Å². The molecule has 0 spiro atoms. The van der Waals surface area contributed by atoms with Gasteiger partial charge in [-0.25, -0.2) is 0 Å². The van der Waals surface area contributed by atoms with Gasteiger partial charge in [-0.05, 0) is 0 Å². The van der Waals surface area contributed by atoms with E-state index in [1.165, 1.54) is 0 Å². The monoisotopic (exact) mass is 608 g/mol. The van der Waals surface area contributed by atoms with Gasteiger partial charge in [0, 0.05) is 4.43 Å². The molecule has 0 unspecified atom stereocenters. The van der Waals surface area contributed by atoms with Gasteiger partial charge in [-0.1, -0.05) is 28.7 Å². The van der Waals surface area contributed by atoms with Crippen molar-refractivity contribution in [3.8, 4) is 0 Å². The van der Waals surface area contributed by atoms with Crippen molar-refractivity contribution in [3.63, 3.8) is 0 Å². The molecule has 0 aromatic heterocycles. The first-order chi connectivity index (χ1) is 16.9. The van der Waals surface area contributed by atoms with E-state index in [0.717, 1.165) is 11.0 Å². The van der Waals surface area contributed by atoms with E-state index in [4.69, 9.17) is 47.4 Å². The molecule has 0 N–H and O–H groups in total. The molecule has 0 aliphatic rings. The topological polar surface area (TPSA) is 92.3 Å². The minimum absolute atomic E-state index is 0.528. The largest absolute Gasteiger partial charge is 0.378 e. The molecule has 0 saturated carbocycles. The average Bonchev–Trinajstić information content (AvgIpc) is 2.85. The van der Waals surface area contributed by atoms with Crippen LogP contribution in [-0.4, -0.2) is 137 Å². The van der Waals surface area contributed by atoms with Crippen LogP contribution in [0.5, 0.6) is 0 Å². The Hall–Kier alpha value is 0.0700. The molecular weight excluding hydrogens is 563 g/mol. The third-order valence-corrected chi connectivity index (χ3v) is 4.25. The minimum Gasteiger partial charge on any atom is -0.378 e. The van der Waals surface area contributed by atoms with Crippen LogP contribution in [0.4, 0.5) is 0 Å². The van der Waals surface area contributed by atoms with Crippen LogP contribution in [0.15, 0.2) is 12.7 Å². The average molecular weight is 609 g/mol. The normalized spacial score (nSPS) is 11.3. The molecule has 0 heterocycles. The first-order valence-electron chi connectivity index (χ1n) is 11.9. The summed E-state index contributed by atoms with van der Waals surface area (Å²) in [5.41, 5.74) is 0. The van der Waals surface area contributed by atoms with Crippen LogP contribution >= 0.6 is 22.6 Å². The Kier molecular flexibility index (Phi) is 33.1. The molecular formula is C23H45IO10. The van der Waals surface area contributed by atoms with Crippen LogP contribution < -0.4 is 0 Å². The van der Waals surface area contributed by atoms with E-state index >= 15 is 0 Å². The molecule has 0 aliphatic heterocycles. The van der Waals surface area contributed by atoms with E-state index in [9.17, 15) is 0 Å². The highest BCUT2D eigenvalue weighted by Gasteiger charge is 1.95. The summed E-state index contributed by atoms with van der Waals surface area (Å²) < 4.78 is 54.8. The van der Waals surface area contributed by atoms with Crippen molar-refractivity contribution in [3.05, 3.63) is 12.7 Å². The number of ether oxygens (including phenoxy) is 10. The fourth-order valence-electron chi connectivity index (χ4n) is 2.20. The quantitative estimate of drug-likeness (QED) is 0.0502. The zero-order chi connectivity index (χ0) is 24.6. The van der Waals surface area contributed by atoms with Gasteiger partial charge in [0.15, 0.2) is 0 Å². The van der Waals surface area contributed by atoms with E-state index in [0.29, 0.717) is 126 Å². The lowest BCUT2D eigenvalue weighted by atomic mass is 10.6. The van der Waals surface area contributed by atoms with E-state index in [1.807, 2.05) is 0 Å². The number of halogens is 1. The second-order valence-corrected chi connectivity index (χ2v) is 7.64. The summed E-state index contributed by atoms with van der Waals surface area (Å²) in [6, 6.07) is 0. The standard InChI is InChI=1S/C23H45IO10/c1-2-4-25-6-8-27-10-12-29-14-16-31-18-20-33-22-23-34-21-19-32-17-15-30-13-11-28-9-7-26-5-3-24/h2H,1,3-23H2. The van der Waals surface area contributed by atoms with Gasteiger partial charge in [-0.3, -0.25) is 0 Å². The predicted molar refractivity (Wildman–Crippen MR) is 137 cm³/mol. The molecule has 0 atom stereocenters. The first kappa shape index (κ1) is 34.1. The van der Waals surface area contributed by atoms with Gasteiger partial charge in [0.1, 0.15) is 0 Å². The van der Waals surface area contributed by atoms with Crippen molar-refractivity contribution >= 4 is 22.6 Å². The highest BCUT2D eigenvalue weighted by Crippen LogP contribution is 1.87. The molecule has 0 amide bonds. The Balaban J connectivity index is 3.00. The van der Waals surface area contributed by atoms with Crippen LogP contribution in [0.3, 0.4) is 0 Å². The molecule has 0 radical (unpaired) electrons. The molecule has 0 aliphatic carbocycles. The molecule has 0 saturated heterocycles. The molecule has 0 rings (SSSR count). The third-order valence-electron chi connectivity index (χ3n) is 3.81. The molecule has 0 aromatic carbocycles. The molecule has 0 fully saturated rings. The Morgan fingerprint density at radius 3 is 0.765 bits per heavy atom. The lowest BCUT2D eigenvalue weighted by Crippen LogP contribution is -2.15. The maximum Gasteiger partial charge on any atom is 0.0704 e. The summed E-state index contributed by atoms with van der Waals surface area (Å²) in [4.78, 5) is 0. The minimum atomic E-state index is 0.528. The molecule has 0 aromatic rings. The van der Waals surface area contributed by atoms with Crippen molar-refractivity contribution in [2.24, 2.45) is 0 Å². The fraction of sp³-hybridized carbons (Fsp3) is 0.913. The smallest absolute Gasteiger partial charge is 0.0704 e. The Morgan fingerprint density at radius 2 is 0.559 bits per heavy atom. The summed E-state index contributed by atoms with van der Waals surface area (Å²) in [7, 11) is 0. The van der Waals surface area contributed by atoms with Gasteiger partial charge in [0.2, 0.25) is 0 Å². The van der Waals surface area contributed by atoms with E-state index < -0.39 is 0 Å². The SMILES string of the molecule is C=CCOCCOCCOCCOCCOCCOCCOCCOCCOCCOCCI. The highest BCUT2D eigenvalue weighted by atomic mass is 127. The Morgan fingerprint density at radius 1 is 0.353 bits per heavy atom. The van der Waals surface area contributed by atoms with Crippen molar-refractivity contribution in [2.75, 3.05) is 137 Å². The van der Waals surface area contributed by atoms with Gasteiger partial charge >= 0.3 is 0 Å². The highest BCUT2D eigenvalue weighted by molar-refractivity contribution is 14.1. The second kappa shape index (κ2) is 33.1. The third kappa shape index (κ3) is 32.1. The summed E-state index contributed by atoms with van der Waals surface area (Å²) in [6.45, 7) is 14.8. The summed E-state index contributed by atoms with van der Waals surface area (Å²) >= 11 is 2.28. The molecule has 11 heteroatoms. The van der Waals surface area contributed by atoms with E-state index in [1.54, 1.807) is 6.08 Å². The zero-order valence-corrected chi connectivity index (χ0v) is 22.8. The molecule has 34 heavy (non-hydrogen) atoms. The molecule has 0 bridgehead atoms. The number of alkyl halides is 1. The fourth-order valence-corrected chi connectivity index (χ4v) is 2.51. The van der Waals surface area contributed by atoms with Gasteiger partial charge in [0.25, 0.3) is 0 Å². The van der Waals surface area contributed by atoms with Crippen molar-refractivity contribution < 1.29 is 47.4 Å². The van der Waals surface area contributed by atoms with E-state index in [2.05, 4.69) is 29.2 Å². The number of hydrogen-bond donors (Lipinski definition) is 0. The number of rotatable bonds is 31. The maximum absolute atomic E-state index is 5.44. The van der Waals surface area contributed by atoms with Gasteiger partial charge < -0.3 is 47.4 Å². The number of hydrogen-bond acceptors (Lipinski definition) is 10. The summed E-state index contributed by atoms with van der Waals surface area (Å²) in [5, 5.41) is 0. The van der Waals surface area contributed by atoms with Crippen molar-refractivity contribution in [1.29, 1.82) is 0 Å². The first-order valence-corrected chi connectivity index (χ1v) is 13.4. The lowest BCUT2D eigenvalue weighted by Gasteiger charge is -2.09. The van der Waals surface area contributed by atoms with Crippen LogP contribution in [0.2, 0.25) is 0 Å². The Bertz CT molecular complexity index is 380. The van der Waals surface area contributed by atoms with Crippen molar-refractivity contribution in [1.82, 2.24) is 0 Å². The van der Waals surface area contributed by atoms with Crippen LogP contribution in [0.1, 0.15) is 0 Å².